The smallest absolute Gasteiger partial charge is 0.392 e. The van der Waals surface area contributed by atoms with E-state index in [0.29, 0.717) is 5.56 Å². The zero-order valence-corrected chi connectivity index (χ0v) is 11.9. The minimum absolute atomic E-state index is 0.182. The summed E-state index contributed by atoms with van der Waals surface area (Å²) in [4.78, 5) is 33.9. The van der Waals surface area contributed by atoms with E-state index in [2.05, 4.69) is 5.10 Å². The minimum Gasteiger partial charge on any atom is -0.465 e. The second-order valence-corrected chi connectivity index (χ2v) is 4.86. The molecule has 0 fully saturated rings. The largest absolute Gasteiger partial charge is 0.465 e. The Labute approximate surface area is 115 Å². The van der Waals surface area contributed by atoms with Crippen molar-refractivity contribution in [3.05, 3.63) is 21.9 Å². The van der Waals surface area contributed by atoms with Gasteiger partial charge in [-0.25, -0.2) is 0 Å². The Morgan fingerprint density at radius 3 is 2.55 bits per heavy atom. The van der Waals surface area contributed by atoms with Crippen LogP contribution in [0.5, 0.6) is 0 Å². The maximum absolute atomic E-state index is 12.1. The fraction of sp³-hybridized carbons (Fsp3) is 0.583. The van der Waals surface area contributed by atoms with E-state index in [9.17, 15) is 19.7 Å². The number of ketones is 1. The summed E-state index contributed by atoms with van der Waals surface area (Å²) in [6.45, 7) is 6.06. The molecule has 1 heterocycles. The molecule has 1 rings (SSSR count). The molecule has 0 aliphatic rings. The normalized spacial score (nSPS) is 11.2. The Balaban J connectivity index is 2.88. The number of aryl methyl sites for hydroxylation is 1. The summed E-state index contributed by atoms with van der Waals surface area (Å²) in [6.07, 6.45) is 1.40. The van der Waals surface area contributed by atoms with Crippen LogP contribution in [0.25, 0.3) is 0 Å². The fourth-order valence-electron chi connectivity index (χ4n) is 1.54. The van der Waals surface area contributed by atoms with Crippen LogP contribution in [0, 0.1) is 22.5 Å². The Hall–Kier alpha value is -2.25. The molecule has 0 aliphatic heterocycles. The number of carbonyl (C=O) groups is 2. The molecule has 1 aromatic heterocycles. The van der Waals surface area contributed by atoms with Crippen molar-refractivity contribution >= 4 is 17.6 Å². The first-order valence-electron chi connectivity index (χ1n) is 6.09. The topological polar surface area (TPSA) is 104 Å². The van der Waals surface area contributed by atoms with Gasteiger partial charge in [0.05, 0.1) is 23.5 Å². The number of aromatic nitrogens is 2. The predicted molar refractivity (Wildman–Crippen MR) is 69.0 cm³/mol. The summed E-state index contributed by atoms with van der Waals surface area (Å²) in [5.41, 5.74) is -0.957. The molecule has 0 unspecified atom stereocenters. The number of Topliss-reactive ketones (excluding diaryl/α,β-unsaturated/α-hetero) is 1. The third-order valence-corrected chi connectivity index (χ3v) is 2.88. The number of carbonyl (C=O) groups excluding carboxylic acids is 2. The van der Waals surface area contributed by atoms with E-state index in [1.54, 1.807) is 6.92 Å². The maximum atomic E-state index is 12.1. The van der Waals surface area contributed by atoms with E-state index >= 15 is 0 Å². The van der Waals surface area contributed by atoms with Crippen molar-refractivity contribution in [3.63, 3.8) is 0 Å². The lowest BCUT2D eigenvalue weighted by atomic mass is 9.88. The first kappa shape index (κ1) is 15.8. The average Bonchev–Trinajstić information content (AvgIpc) is 2.70. The molecule has 1 aromatic rings. The van der Waals surface area contributed by atoms with Crippen molar-refractivity contribution in [1.82, 2.24) is 9.78 Å². The molecule has 0 aromatic carbocycles. The van der Waals surface area contributed by atoms with Gasteiger partial charge in [0.25, 0.3) is 0 Å². The molecule has 0 N–H and O–H groups in total. The van der Waals surface area contributed by atoms with Gasteiger partial charge in [0, 0.05) is 0 Å². The van der Waals surface area contributed by atoms with Gasteiger partial charge in [-0.3, -0.25) is 9.59 Å². The molecule has 0 saturated carbocycles. The van der Waals surface area contributed by atoms with Crippen molar-refractivity contribution < 1.29 is 19.2 Å². The highest BCUT2D eigenvalue weighted by molar-refractivity contribution is 6.02. The Morgan fingerprint density at radius 2 is 2.10 bits per heavy atom. The van der Waals surface area contributed by atoms with Crippen molar-refractivity contribution in [2.75, 3.05) is 6.61 Å². The van der Waals surface area contributed by atoms with Crippen LogP contribution in [0.1, 0.15) is 26.3 Å². The number of esters is 1. The van der Waals surface area contributed by atoms with Gasteiger partial charge in [0.2, 0.25) is 0 Å². The Bertz CT molecular complexity index is 547. The fourth-order valence-corrected chi connectivity index (χ4v) is 1.54. The zero-order chi connectivity index (χ0) is 15.5. The van der Waals surface area contributed by atoms with Crippen LogP contribution in [0.2, 0.25) is 0 Å². The van der Waals surface area contributed by atoms with Gasteiger partial charge < -0.3 is 14.9 Å². The molecule has 0 spiro atoms. The number of nitrogens with zero attached hydrogens (tertiary/aromatic N) is 3. The third-order valence-electron chi connectivity index (χ3n) is 2.88. The summed E-state index contributed by atoms with van der Waals surface area (Å²) >= 11 is 0. The lowest BCUT2D eigenvalue weighted by Crippen LogP contribution is -2.37. The van der Waals surface area contributed by atoms with Crippen LogP contribution < -0.4 is 0 Å². The maximum Gasteiger partial charge on any atom is 0.392 e. The summed E-state index contributed by atoms with van der Waals surface area (Å²) < 4.78 is 6.00. The Kier molecular flexibility index (Phi) is 4.59. The number of hydrogen-bond acceptors (Lipinski definition) is 6. The van der Waals surface area contributed by atoms with Crippen molar-refractivity contribution in [2.45, 2.75) is 34.2 Å². The van der Waals surface area contributed by atoms with E-state index in [-0.39, 0.29) is 19.0 Å². The molecular formula is C12H17N3O5. The van der Waals surface area contributed by atoms with E-state index in [1.807, 2.05) is 0 Å². The number of ether oxygens (including phenoxy) is 1. The molecule has 0 saturated heterocycles. The standard InChI is InChI=1S/C12H17N3O5/c1-5-20-11(17)12(3,4)9(16)7-14-6-8(2)10(13-14)15(18)19/h6H,5,7H2,1-4H3. The summed E-state index contributed by atoms with van der Waals surface area (Å²) in [5.74, 6) is -1.34. The molecule has 0 amide bonds. The summed E-state index contributed by atoms with van der Waals surface area (Å²) in [7, 11) is 0. The molecule has 0 atom stereocenters. The van der Waals surface area contributed by atoms with Gasteiger partial charge in [-0.1, -0.05) is 0 Å². The average molecular weight is 283 g/mol. The van der Waals surface area contributed by atoms with Gasteiger partial charge in [-0.2, -0.15) is 4.68 Å². The Morgan fingerprint density at radius 1 is 1.50 bits per heavy atom. The van der Waals surface area contributed by atoms with Crippen molar-refractivity contribution in [2.24, 2.45) is 5.41 Å². The third kappa shape index (κ3) is 3.19. The quantitative estimate of drug-likeness (QED) is 0.337. The lowest BCUT2D eigenvalue weighted by molar-refractivity contribution is -0.390. The first-order chi connectivity index (χ1) is 9.20. The van der Waals surface area contributed by atoms with Crippen LogP contribution in [0.15, 0.2) is 6.20 Å². The monoisotopic (exact) mass is 283 g/mol. The molecule has 110 valence electrons. The van der Waals surface area contributed by atoms with Crippen LogP contribution in [0.4, 0.5) is 5.82 Å². The van der Waals surface area contributed by atoms with Crippen LogP contribution in [-0.4, -0.2) is 33.1 Å². The minimum atomic E-state index is -1.31. The molecule has 0 radical (unpaired) electrons. The van der Waals surface area contributed by atoms with Gasteiger partial charge in [-0.15, -0.1) is 0 Å². The SMILES string of the molecule is CCOC(=O)C(C)(C)C(=O)Cn1cc(C)c([N+](=O)[O-])n1. The van der Waals surface area contributed by atoms with E-state index in [1.165, 1.54) is 27.0 Å². The number of nitro groups is 1. The number of hydrogen-bond donors (Lipinski definition) is 0. The van der Waals surface area contributed by atoms with Crippen LogP contribution >= 0.6 is 0 Å². The van der Waals surface area contributed by atoms with Gasteiger partial charge in [0.1, 0.15) is 12.0 Å². The first-order valence-corrected chi connectivity index (χ1v) is 6.09. The highest BCUT2D eigenvalue weighted by atomic mass is 16.6. The summed E-state index contributed by atoms with van der Waals surface area (Å²) in [6, 6.07) is 0. The second kappa shape index (κ2) is 5.81. The van der Waals surface area contributed by atoms with Gasteiger partial charge >= 0.3 is 11.8 Å². The van der Waals surface area contributed by atoms with Crippen LogP contribution in [-0.2, 0) is 20.9 Å². The molecular weight excluding hydrogens is 266 g/mol. The number of rotatable bonds is 6. The van der Waals surface area contributed by atoms with Crippen molar-refractivity contribution in [3.8, 4) is 0 Å². The lowest BCUT2D eigenvalue weighted by Gasteiger charge is -2.19. The molecule has 20 heavy (non-hydrogen) atoms. The molecule has 8 nitrogen and oxygen atoms in total. The van der Waals surface area contributed by atoms with E-state index < -0.39 is 22.1 Å². The molecule has 8 heteroatoms. The highest BCUT2D eigenvalue weighted by Gasteiger charge is 2.38. The predicted octanol–water partition coefficient (Wildman–Crippen LogP) is 1.26. The van der Waals surface area contributed by atoms with E-state index in [0.717, 1.165) is 4.68 Å². The van der Waals surface area contributed by atoms with Gasteiger partial charge in [0.15, 0.2) is 5.78 Å². The second-order valence-electron chi connectivity index (χ2n) is 4.86. The highest BCUT2D eigenvalue weighted by Crippen LogP contribution is 2.21. The van der Waals surface area contributed by atoms with Crippen LogP contribution in [0.3, 0.4) is 0 Å². The summed E-state index contributed by atoms with van der Waals surface area (Å²) in [5, 5.41) is 14.4. The molecule has 0 aliphatic carbocycles. The zero-order valence-electron chi connectivity index (χ0n) is 11.9. The molecule has 0 bridgehead atoms. The van der Waals surface area contributed by atoms with Gasteiger partial charge in [-0.05, 0) is 32.6 Å². The van der Waals surface area contributed by atoms with E-state index in [4.69, 9.17) is 4.74 Å². The van der Waals surface area contributed by atoms with Crippen molar-refractivity contribution in [1.29, 1.82) is 0 Å².